The van der Waals surface area contributed by atoms with E-state index < -0.39 is 5.79 Å². The third kappa shape index (κ3) is 1.70. The van der Waals surface area contributed by atoms with Gasteiger partial charge in [-0.1, -0.05) is 30.3 Å². The maximum absolute atomic E-state index is 5.28. The van der Waals surface area contributed by atoms with E-state index in [1.54, 1.807) is 12.1 Å². The van der Waals surface area contributed by atoms with E-state index in [1.165, 1.54) is 7.11 Å². The molecule has 1 aromatic carbocycles. The molecule has 13 heavy (non-hydrogen) atoms. The number of terminal acetylenes is 1. The van der Waals surface area contributed by atoms with Crippen molar-refractivity contribution >= 4 is 0 Å². The predicted octanol–water partition coefficient (Wildman–Crippen LogP) is 1.01. The summed E-state index contributed by atoms with van der Waals surface area (Å²) >= 11 is 0. The molecule has 68 valence electrons. The van der Waals surface area contributed by atoms with Gasteiger partial charge in [-0.05, 0) is 5.92 Å². The van der Waals surface area contributed by atoms with Gasteiger partial charge in [0.05, 0.1) is 0 Å². The van der Waals surface area contributed by atoms with Crippen LogP contribution in [0.25, 0.3) is 0 Å². The maximum Gasteiger partial charge on any atom is 0.277 e. The van der Waals surface area contributed by atoms with Crippen LogP contribution >= 0.6 is 0 Å². The number of rotatable bonds is 3. The van der Waals surface area contributed by atoms with Gasteiger partial charge in [0.25, 0.3) is 5.79 Å². The molecule has 0 aliphatic carbocycles. The molecule has 1 rings (SSSR count). The zero-order valence-corrected chi connectivity index (χ0v) is 7.36. The van der Waals surface area contributed by atoms with Crippen molar-refractivity contribution in [3.05, 3.63) is 35.9 Å². The Balaban J connectivity index is 3.10. The Morgan fingerprint density at radius 3 is 2.38 bits per heavy atom. The lowest BCUT2D eigenvalue weighted by Gasteiger charge is -2.23. The van der Waals surface area contributed by atoms with Crippen LogP contribution in [-0.2, 0) is 15.4 Å². The van der Waals surface area contributed by atoms with Gasteiger partial charge in [0.2, 0.25) is 0 Å². The summed E-state index contributed by atoms with van der Waals surface area (Å²) in [5.41, 5.74) is 0.697. The second-order valence-corrected chi connectivity index (χ2v) is 2.45. The molecule has 0 bridgehead atoms. The van der Waals surface area contributed by atoms with Crippen molar-refractivity contribution in [1.29, 1.82) is 0 Å². The van der Waals surface area contributed by atoms with Crippen LogP contribution in [0.2, 0.25) is 0 Å². The van der Waals surface area contributed by atoms with E-state index in [4.69, 9.17) is 17.1 Å². The lowest BCUT2D eigenvalue weighted by atomic mass is 10.1. The monoisotopic (exact) mass is 177 g/mol. The summed E-state index contributed by atoms with van der Waals surface area (Å²) in [6, 6.07) is 9.11. The first-order valence-electron chi connectivity index (χ1n) is 3.75. The van der Waals surface area contributed by atoms with Crippen molar-refractivity contribution in [2.24, 2.45) is 5.90 Å². The molecule has 1 atom stereocenters. The molecule has 0 fully saturated rings. The summed E-state index contributed by atoms with van der Waals surface area (Å²) in [6.45, 7) is 0. The number of methoxy groups -OCH3 is 1. The van der Waals surface area contributed by atoms with E-state index in [9.17, 15) is 0 Å². The first-order valence-corrected chi connectivity index (χ1v) is 3.75. The Morgan fingerprint density at radius 2 is 2.00 bits per heavy atom. The summed E-state index contributed by atoms with van der Waals surface area (Å²) in [7, 11) is 1.44. The molecule has 0 heterocycles. The molecular weight excluding hydrogens is 166 g/mol. The number of ether oxygens (including phenoxy) is 1. The second-order valence-electron chi connectivity index (χ2n) is 2.45. The predicted molar refractivity (Wildman–Crippen MR) is 49.2 cm³/mol. The standard InChI is InChI=1S/C10H11NO2/c1-3-10(12-2,13-11)9-7-5-4-6-8-9/h1,4-8H,11H2,2H3. The van der Waals surface area contributed by atoms with E-state index in [1.807, 2.05) is 18.2 Å². The maximum atomic E-state index is 5.28. The van der Waals surface area contributed by atoms with Gasteiger partial charge in [-0.25, -0.2) is 5.90 Å². The fraction of sp³-hybridized carbons (Fsp3) is 0.200. The molecule has 0 amide bonds. The second kappa shape index (κ2) is 4.06. The SMILES string of the molecule is C#CC(OC)(ON)c1ccccc1. The van der Waals surface area contributed by atoms with Crippen LogP contribution in [0.3, 0.4) is 0 Å². The quantitative estimate of drug-likeness (QED) is 0.425. The Bertz CT molecular complexity index is 298. The summed E-state index contributed by atoms with van der Waals surface area (Å²) in [5, 5.41) is 0. The zero-order chi connectivity index (χ0) is 9.73. The molecule has 1 aromatic rings. The smallest absolute Gasteiger partial charge is 0.277 e. The molecule has 0 aliphatic rings. The molecule has 0 spiro atoms. The Hall–Kier alpha value is -1.34. The van der Waals surface area contributed by atoms with Gasteiger partial charge in [-0.2, -0.15) is 0 Å². The third-order valence-corrected chi connectivity index (χ3v) is 1.80. The highest BCUT2D eigenvalue weighted by molar-refractivity contribution is 5.27. The van der Waals surface area contributed by atoms with Crippen LogP contribution < -0.4 is 5.90 Å². The molecule has 0 saturated heterocycles. The summed E-state index contributed by atoms with van der Waals surface area (Å²) in [4.78, 5) is 4.66. The van der Waals surface area contributed by atoms with Gasteiger partial charge in [-0.3, -0.25) is 4.84 Å². The van der Waals surface area contributed by atoms with Crippen molar-refractivity contribution in [2.75, 3.05) is 7.11 Å². The fourth-order valence-electron chi connectivity index (χ4n) is 1.07. The largest absolute Gasteiger partial charge is 0.338 e. The van der Waals surface area contributed by atoms with Crippen LogP contribution in [-0.4, -0.2) is 7.11 Å². The van der Waals surface area contributed by atoms with Gasteiger partial charge < -0.3 is 4.74 Å². The highest BCUT2D eigenvalue weighted by Crippen LogP contribution is 2.23. The topological polar surface area (TPSA) is 44.5 Å². The molecule has 0 aromatic heterocycles. The fourth-order valence-corrected chi connectivity index (χ4v) is 1.07. The molecular formula is C10H11NO2. The first-order chi connectivity index (χ1) is 6.29. The van der Waals surface area contributed by atoms with Gasteiger partial charge in [0, 0.05) is 12.7 Å². The molecule has 0 radical (unpaired) electrons. The lowest BCUT2D eigenvalue weighted by molar-refractivity contribution is -0.191. The minimum absolute atomic E-state index is 0.697. The first kappa shape index (κ1) is 9.75. The van der Waals surface area contributed by atoms with Crippen LogP contribution in [0, 0.1) is 12.3 Å². The van der Waals surface area contributed by atoms with E-state index in [0.717, 1.165) is 0 Å². The highest BCUT2D eigenvalue weighted by atomic mass is 16.8. The van der Waals surface area contributed by atoms with E-state index in [0.29, 0.717) is 5.56 Å². The van der Waals surface area contributed by atoms with Crippen molar-refractivity contribution in [3.63, 3.8) is 0 Å². The van der Waals surface area contributed by atoms with Crippen molar-refractivity contribution in [2.45, 2.75) is 5.79 Å². The average Bonchev–Trinajstić information content (AvgIpc) is 2.23. The van der Waals surface area contributed by atoms with E-state index >= 15 is 0 Å². The van der Waals surface area contributed by atoms with Gasteiger partial charge in [0.15, 0.2) is 0 Å². The van der Waals surface area contributed by atoms with Crippen LogP contribution in [0.15, 0.2) is 30.3 Å². The Labute approximate surface area is 77.4 Å². The van der Waals surface area contributed by atoms with Crippen LogP contribution in [0.5, 0.6) is 0 Å². The summed E-state index contributed by atoms with van der Waals surface area (Å²) in [5.74, 6) is 6.18. The minimum Gasteiger partial charge on any atom is -0.338 e. The average molecular weight is 177 g/mol. The molecule has 3 nitrogen and oxygen atoms in total. The number of hydrogen-bond acceptors (Lipinski definition) is 3. The van der Waals surface area contributed by atoms with Crippen LogP contribution in [0.1, 0.15) is 5.56 Å². The summed E-state index contributed by atoms with van der Waals surface area (Å²) in [6.07, 6.45) is 5.28. The lowest BCUT2D eigenvalue weighted by Crippen LogP contribution is -2.33. The highest BCUT2D eigenvalue weighted by Gasteiger charge is 2.29. The Kier molecular flexibility index (Phi) is 3.04. The van der Waals surface area contributed by atoms with E-state index in [-0.39, 0.29) is 0 Å². The molecule has 3 heteroatoms. The van der Waals surface area contributed by atoms with E-state index in [2.05, 4.69) is 10.8 Å². The van der Waals surface area contributed by atoms with Crippen LogP contribution in [0.4, 0.5) is 0 Å². The van der Waals surface area contributed by atoms with Crippen molar-refractivity contribution < 1.29 is 9.57 Å². The number of benzene rings is 1. The molecule has 0 saturated carbocycles. The molecule has 1 unspecified atom stereocenters. The van der Waals surface area contributed by atoms with Gasteiger partial charge >= 0.3 is 0 Å². The van der Waals surface area contributed by atoms with Crippen molar-refractivity contribution in [1.82, 2.24) is 0 Å². The Morgan fingerprint density at radius 1 is 1.38 bits per heavy atom. The normalized spacial score (nSPS) is 14.5. The minimum atomic E-state index is -1.28. The van der Waals surface area contributed by atoms with Gasteiger partial charge in [-0.15, -0.1) is 6.42 Å². The number of hydrogen-bond donors (Lipinski definition) is 1. The zero-order valence-electron chi connectivity index (χ0n) is 7.36. The number of nitrogens with two attached hydrogens (primary N) is 1. The van der Waals surface area contributed by atoms with Crippen molar-refractivity contribution in [3.8, 4) is 12.3 Å². The summed E-state index contributed by atoms with van der Waals surface area (Å²) < 4.78 is 5.04. The molecule has 2 N–H and O–H groups in total. The third-order valence-electron chi connectivity index (χ3n) is 1.80. The van der Waals surface area contributed by atoms with Gasteiger partial charge in [0.1, 0.15) is 0 Å². The molecule has 0 aliphatic heterocycles.